The first-order valence-electron chi connectivity index (χ1n) is 7.76. The quantitative estimate of drug-likeness (QED) is 0.645. The van der Waals surface area contributed by atoms with E-state index in [0.29, 0.717) is 29.8 Å². The van der Waals surface area contributed by atoms with Crippen molar-refractivity contribution >= 4 is 27.5 Å². The van der Waals surface area contributed by atoms with Gasteiger partial charge in [0.1, 0.15) is 19.0 Å². The van der Waals surface area contributed by atoms with Gasteiger partial charge in [-0.2, -0.15) is 5.10 Å². The Bertz CT molecular complexity index is 865. The van der Waals surface area contributed by atoms with E-state index in [2.05, 4.69) is 26.0 Å². The van der Waals surface area contributed by atoms with Gasteiger partial charge in [0, 0.05) is 15.1 Å². The van der Waals surface area contributed by atoms with Crippen LogP contribution in [0.3, 0.4) is 0 Å². The lowest BCUT2D eigenvalue weighted by molar-refractivity contribution is 0.266. The fraction of sp³-hybridized carbons (Fsp3) is 0.222. The van der Waals surface area contributed by atoms with Crippen LogP contribution in [0.15, 0.2) is 46.9 Å². The third-order valence-electron chi connectivity index (χ3n) is 3.61. The van der Waals surface area contributed by atoms with Gasteiger partial charge in [-0.25, -0.2) is 9.67 Å². The molecule has 1 heterocycles. The molecule has 0 atom stereocenters. The van der Waals surface area contributed by atoms with E-state index < -0.39 is 0 Å². The number of rotatable bonds is 6. The zero-order chi connectivity index (χ0) is 17.8. The highest BCUT2D eigenvalue weighted by Gasteiger charge is 2.14. The van der Waals surface area contributed by atoms with Crippen LogP contribution in [0.1, 0.15) is 11.4 Å². The van der Waals surface area contributed by atoms with Crippen molar-refractivity contribution in [1.82, 2.24) is 14.8 Å². The van der Waals surface area contributed by atoms with Crippen LogP contribution >= 0.6 is 27.5 Å². The lowest BCUT2D eigenvalue weighted by Gasteiger charge is -2.10. The number of aromatic nitrogens is 3. The first-order chi connectivity index (χ1) is 12.1. The van der Waals surface area contributed by atoms with E-state index in [1.165, 1.54) is 0 Å². The van der Waals surface area contributed by atoms with Crippen molar-refractivity contribution in [3.8, 4) is 17.1 Å². The van der Waals surface area contributed by atoms with Crippen LogP contribution in [-0.4, -0.2) is 26.5 Å². The van der Waals surface area contributed by atoms with Gasteiger partial charge in [0.15, 0.2) is 11.6 Å². The van der Waals surface area contributed by atoms with Gasteiger partial charge >= 0.3 is 0 Å². The second-order valence-corrected chi connectivity index (χ2v) is 6.81. The fourth-order valence-electron chi connectivity index (χ4n) is 2.39. The molecule has 0 aliphatic heterocycles. The topological polar surface area (TPSA) is 60.2 Å². The van der Waals surface area contributed by atoms with Crippen LogP contribution in [0, 0.1) is 6.92 Å². The Morgan fingerprint density at radius 1 is 1.20 bits per heavy atom. The lowest BCUT2D eigenvalue weighted by Crippen LogP contribution is -2.11. The van der Waals surface area contributed by atoms with Crippen molar-refractivity contribution in [3.63, 3.8) is 0 Å². The summed E-state index contributed by atoms with van der Waals surface area (Å²) in [7, 11) is 0. The zero-order valence-electron chi connectivity index (χ0n) is 13.6. The molecule has 0 unspecified atom stereocenters. The Balaban J connectivity index is 1.78. The summed E-state index contributed by atoms with van der Waals surface area (Å²) < 4.78 is 8.41. The molecule has 2 aromatic carbocycles. The highest BCUT2D eigenvalue weighted by molar-refractivity contribution is 9.10. The summed E-state index contributed by atoms with van der Waals surface area (Å²) in [5.74, 6) is 1.81. The van der Waals surface area contributed by atoms with Gasteiger partial charge in [-0.05, 0) is 48.9 Å². The summed E-state index contributed by atoms with van der Waals surface area (Å²) in [6.07, 6.45) is 0. The van der Waals surface area contributed by atoms with Gasteiger partial charge in [-0.15, -0.1) is 0 Å². The van der Waals surface area contributed by atoms with Crippen molar-refractivity contribution in [2.75, 3.05) is 6.61 Å². The summed E-state index contributed by atoms with van der Waals surface area (Å²) in [5, 5.41) is 14.4. The minimum absolute atomic E-state index is 0.207. The molecular weight excluding hydrogens is 406 g/mol. The molecule has 0 amide bonds. The monoisotopic (exact) mass is 421 g/mol. The predicted molar refractivity (Wildman–Crippen MR) is 101 cm³/mol. The van der Waals surface area contributed by atoms with E-state index in [1.54, 1.807) is 16.8 Å². The lowest BCUT2D eigenvalue weighted by atomic mass is 10.1. The first kappa shape index (κ1) is 17.9. The molecule has 1 aromatic heterocycles. The van der Waals surface area contributed by atoms with Gasteiger partial charge in [-0.3, -0.25) is 0 Å². The normalized spacial score (nSPS) is 10.9. The van der Waals surface area contributed by atoms with Gasteiger partial charge in [0.2, 0.25) is 0 Å². The second-order valence-electron chi connectivity index (χ2n) is 5.52. The molecule has 0 aliphatic carbocycles. The summed E-state index contributed by atoms with van der Waals surface area (Å²) in [4.78, 5) is 4.43. The fourth-order valence-corrected chi connectivity index (χ4v) is 3.19. The minimum atomic E-state index is -0.207. The Hall–Kier alpha value is -1.89. The molecule has 25 heavy (non-hydrogen) atoms. The Morgan fingerprint density at radius 3 is 2.64 bits per heavy atom. The molecule has 0 radical (unpaired) electrons. The molecule has 3 rings (SSSR count). The van der Waals surface area contributed by atoms with E-state index in [0.717, 1.165) is 21.3 Å². The number of halogens is 2. The van der Waals surface area contributed by atoms with Crippen molar-refractivity contribution in [1.29, 1.82) is 0 Å². The highest BCUT2D eigenvalue weighted by atomic mass is 79.9. The Morgan fingerprint density at radius 2 is 1.96 bits per heavy atom. The Labute approximate surface area is 159 Å². The van der Waals surface area contributed by atoms with E-state index in [4.69, 9.17) is 16.3 Å². The molecule has 0 fully saturated rings. The first-order valence-corrected chi connectivity index (χ1v) is 8.93. The number of hydrogen-bond acceptors (Lipinski definition) is 4. The zero-order valence-corrected chi connectivity index (χ0v) is 16.0. The average molecular weight is 423 g/mol. The van der Waals surface area contributed by atoms with Crippen molar-refractivity contribution in [2.24, 2.45) is 0 Å². The molecule has 3 aromatic rings. The number of aliphatic hydroxyl groups excluding tert-OH is 1. The third-order valence-corrected chi connectivity index (χ3v) is 4.52. The molecule has 1 N–H and O–H groups in total. The average Bonchev–Trinajstić information content (AvgIpc) is 3.00. The summed E-state index contributed by atoms with van der Waals surface area (Å²) in [6, 6.07) is 13.2. The molecule has 0 aliphatic rings. The van der Waals surface area contributed by atoms with E-state index in [1.807, 2.05) is 37.3 Å². The molecular formula is C18H17BrClN3O2. The molecule has 7 heteroatoms. The second kappa shape index (κ2) is 7.99. The minimum Gasteiger partial charge on any atom is -0.492 e. The SMILES string of the molecule is Cc1ccc(-c2nc(CO)nn2CCOc2ccc(Cl)cc2)c(Br)c1. The summed E-state index contributed by atoms with van der Waals surface area (Å²) >= 11 is 9.44. The molecule has 130 valence electrons. The molecule has 0 saturated heterocycles. The predicted octanol–water partition coefficient (Wildman–Crippen LogP) is 4.24. The van der Waals surface area contributed by atoms with E-state index in [9.17, 15) is 5.11 Å². The number of benzene rings is 2. The van der Waals surface area contributed by atoms with Crippen molar-refractivity contribution in [2.45, 2.75) is 20.1 Å². The maximum atomic E-state index is 9.37. The van der Waals surface area contributed by atoms with Crippen molar-refractivity contribution in [3.05, 3.63) is 63.3 Å². The van der Waals surface area contributed by atoms with E-state index >= 15 is 0 Å². The van der Waals surface area contributed by atoms with Crippen LogP contribution in [0.4, 0.5) is 0 Å². The van der Waals surface area contributed by atoms with Gasteiger partial charge < -0.3 is 9.84 Å². The third kappa shape index (κ3) is 4.39. The van der Waals surface area contributed by atoms with E-state index in [-0.39, 0.29) is 6.61 Å². The smallest absolute Gasteiger partial charge is 0.176 e. The van der Waals surface area contributed by atoms with Crippen LogP contribution in [-0.2, 0) is 13.2 Å². The Kier molecular flexibility index (Phi) is 5.73. The number of aryl methyl sites for hydroxylation is 1. The number of nitrogens with zero attached hydrogens (tertiary/aromatic N) is 3. The van der Waals surface area contributed by atoms with Crippen molar-refractivity contribution < 1.29 is 9.84 Å². The van der Waals surface area contributed by atoms with Crippen LogP contribution < -0.4 is 4.74 Å². The standard InChI is InChI=1S/C18H17BrClN3O2/c1-12-2-7-15(16(19)10-12)18-21-17(11-24)22-23(18)8-9-25-14-5-3-13(20)4-6-14/h2-7,10,24H,8-9,11H2,1H3. The highest BCUT2D eigenvalue weighted by Crippen LogP contribution is 2.28. The van der Waals surface area contributed by atoms with Gasteiger partial charge in [0.05, 0.1) is 6.54 Å². The van der Waals surface area contributed by atoms with Crippen LogP contribution in [0.2, 0.25) is 5.02 Å². The summed E-state index contributed by atoms with van der Waals surface area (Å²) in [6.45, 7) is 2.75. The maximum Gasteiger partial charge on any atom is 0.176 e. The largest absolute Gasteiger partial charge is 0.492 e. The molecule has 5 nitrogen and oxygen atoms in total. The van der Waals surface area contributed by atoms with Gasteiger partial charge in [-0.1, -0.05) is 33.6 Å². The number of ether oxygens (including phenoxy) is 1. The van der Waals surface area contributed by atoms with Crippen LogP contribution in [0.5, 0.6) is 5.75 Å². The number of aliphatic hydroxyl groups is 1. The summed E-state index contributed by atoms with van der Waals surface area (Å²) in [5.41, 5.74) is 2.07. The van der Waals surface area contributed by atoms with Crippen LogP contribution in [0.25, 0.3) is 11.4 Å². The maximum absolute atomic E-state index is 9.37. The molecule has 0 saturated carbocycles. The molecule has 0 bridgehead atoms. The number of hydrogen-bond donors (Lipinski definition) is 1. The molecule has 0 spiro atoms. The van der Waals surface area contributed by atoms with Gasteiger partial charge in [0.25, 0.3) is 0 Å².